The van der Waals surface area contributed by atoms with Crippen molar-refractivity contribution in [2.24, 2.45) is 0 Å². The van der Waals surface area contributed by atoms with Crippen LogP contribution in [-0.4, -0.2) is 34.8 Å². The number of nitrogens with one attached hydrogen (secondary N) is 1. The third-order valence-electron chi connectivity index (χ3n) is 6.68. The van der Waals surface area contributed by atoms with E-state index in [1.807, 2.05) is 47.3 Å². The molecular formula is C29H28ClN3OS. The van der Waals surface area contributed by atoms with Crippen LogP contribution >= 0.6 is 23.4 Å². The molecule has 2 unspecified atom stereocenters. The summed E-state index contributed by atoms with van der Waals surface area (Å²) in [5, 5.41) is 6.15. The van der Waals surface area contributed by atoms with E-state index in [9.17, 15) is 4.79 Å². The minimum Gasteiger partial charge on any atom is -0.334 e. The highest BCUT2D eigenvalue weighted by Gasteiger charge is 2.37. The van der Waals surface area contributed by atoms with Gasteiger partial charge in [-0.05, 0) is 58.2 Å². The summed E-state index contributed by atoms with van der Waals surface area (Å²) in [6.45, 7) is 3.95. The van der Waals surface area contributed by atoms with E-state index in [0.29, 0.717) is 19.6 Å². The summed E-state index contributed by atoms with van der Waals surface area (Å²) in [4.78, 5) is 20.7. The van der Waals surface area contributed by atoms with Crippen molar-refractivity contribution in [2.75, 3.05) is 18.8 Å². The molecule has 0 bridgehead atoms. The number of fused-ring (bicyclic) bond motifs is 1. The summed E-state index contributed by atoms with van der Waals surface area (Å²) in [5.41, 5.74) is 3.50. The van der Waals surface area contributed by atoms with Crippen LogP contribution in [0.1, 0.15) is 35.4 Å². The van der Waals surface area contributed by atoms with Gasteiger partial charge in [0, 0.05) is 59.2 Å². The normalized spacial score (nSPS) is 17.6. The molecule has 3 aromatic carbocycles. The predicted molar refractivity (Wildman–Crippen MR) is 145 cm³/mol. The number of nitrogens with zero attached hydrogens (tertiary/aromatic N) is 2. The van der Waals surface area contributed by atoms with Crippen molar-refractivity contribution in [3.63, 3.8) is 0 Å². The molecule has 0 radical (unpaired) electrons. The number of urea groups is 1. The third kappa shape index (κ3) is 5.31. The van der Waals surface area contributed by atoms with Gasteiger partial charge in [0.2, 0.25) is 0 Å². The average molecular weight is 502 g/mol. The van der Waals surface area contributed by atoms with E-state index in [1.54, 1.807) is 0 Å². The summed E-state index contributed by atoms with van der Waals surface area (Å²) in [6.07, 6.45) is 3.74. The summed E-state index contributed by atoms with van der Waals surface area (Å²) >= 11 is 8.17. The monoisotopic (exact) mass is 501 g/mol. The van der Waals surface area contributed by atoms with Crippen molar-refractivity contribution in [1.29, 1.82) is 0 Å². The lowest BCUT2D eigenvalue weighted by Gasteiger charge is -2.20. The van der Waals surface area contributed by atoms with Crippen LogP contribution in [0.5, 0.6) is 0 Å². The van der Waals surface area contributed by atoms with E-state index >= 15 is 0 Å². The number of carbonyl (C=O) groups excluding carboxylic acids is 1. The molecule has 0 spiro atoms. The van der Waals surface area contributed by atoms with Crippen LogP contribution in [0, 0.1) is 0 Å². The van der Waals surface area contributed by atoms with E-state index in [1.165, 1.54) is 15.8 Å². The van der Waals surface area contributed by atoms with E-state index in [2.05, 4.69) is 71.8 Å². The Bertz CT molecular complexity index is 1320. The Morgan fingerprint density at radius 1 is 1.06 bits per heavy atom. The summed E-state index contributed by atoms with van der Waals surface area (Å²) in [6, 6.07) is 24.8. The Morgan fingerprint density at radius 2 is 1.86 bits per heavy atom. The number of hydrogen-bond acceptors (Lipinski definition) is 3. The summed E-state index contributed by atoms with van der Waals surface area (Å²) in [7, 11) is 0. The number of carbonyl (C=O) groups is 1. The molecule has 1 aliphatic heterocycles. The lowest BCUT2D eigenvalue weighted by molar-refractivity contribution is 0.207. The maximum atomic E-state index is 13.2. The number of amides is 2. The van der Waals surface area contributed by atoms with E-state index in [-0.39, 0.29) is 17.9 Å². The molecule has 1 aromatic heterocycles. The van der Waals surface area contributed by atoms with Crippen LogP contribution in [0.3, 0.4) is 0 Å². The van der Waals surface area contributed by atoms with Gasteiger partial charge in [-0.1, -0.05) is 61.0 Å². The van der Waals surface area contributed by atoms with Crippen molar-refractivity contribution in [1.82, 2.24) is 15.2 Å². The van der Waals surface area contributed by atoms with Crippen molar-refractivity contribution >= 4 is 40.2 Å². The Balaban J connectivity index is 1.38. The van der Waals surface area contributed by atoms with Crippen LogP contribution in [0.15, 0.2) is 90.1 Å². The first-order valence-electron chi connectivity index (χ1n) is 11.9. The molecule has 2 amide bonds. The number of rotatable bonds is 6. The zero-order valence-electron chi connectivity index (χ0n) is 19.7. The lowest BCUT2D eigenvalue weighted by atomic mass is 9.82. The second kappa shape index (κ2) is 10.7. The zero-order valence-corrected chi connectivity index (χ0v) is 21.2. The van der Waals surface area contributed by atoms with Gasteiger partial charge in [-0.25, -0.2) is 4.79 Å². The number of benzene rings is 3. The maximum absolute atomic E-state index is 13.2. The quantitative estimate of drug-likeness (QED) is 0.287. The summed E-state index contributed by atoms with van der Waals surface area (Å²) in [5.74, 6) is 1.37. The summed E-state index contributed by atoms with van der Waals surface area (Å²) < 4.78 is 0. The molecule has 1 N–H and O–H groups in total. The van der Waals surface area contributed by atoms with Gasteiger partial charge >= 0.3 is 6.03 Å². The molecule has 4 nitrogen and oxygen atoms in total. The SMILES string of the molecule is CCSc1ccc(CNC(=O)N2CC(c3cccc(Cl)c3)C(c3cccc4cnccc34)C2)cc1. The highest BCUT2D eigenvalue weighted by molar-refractivity contribution is 7.99. The van der Waals surface area contributed by atoms with Gasteiger partial charge in [0.25, 0.3) is 0 Å². The molecule has 4 aromatic rings. The fourth-order valence-electron chi connectivity index (χ4n) is 4.99. The molecule has 6 heteroatoms. The first-order valence-corrected chi connectivity index (χ1v) is 13.3. The van der Waals surface area contributed by atoms with E-state index in [4.69, 9.17) is 11.6 Å². The minimum atomic E-state index is -0.0339. The Labute approximate surface area is 215 Å². The van der Waals surface area contributed by atoms with E-state index < -0.39 is 0 Å². The Hall–Kier alpha value is -3.02. The number of hydrogen-bond donors (Lipinski definition) is 1. The second-order valence-electron chi connectivity index (χ2n) is 8.85. The molecule has 5 rings (SSSR count). The average Bonchev–Trinajstić information content (AvgIpc) is 3.33. The van der Waals surface area contributed by atoms with Gasteiger partial charge in [-0.15, -0.1) is 11.8 Å². The molecule has 1 aliphatic rings. The van der Waals surface area contributed by atoms with Gasteiger partial charge in [-0.3, -0.25) is 4.98 Å². The van der Waals surface area contributed by atoms with Crippen molar-refractivity contribution in [3.8, 4) is 0 Å². The van der Waals surface area contributed by atoms with Crippen LogP contribution < -0.4 is 5.32 Å². The number of aromatic nitrogens is 1. The molecule has 2 heterocycles. The first-order chi connectivity index (χ1) is 17.1. The van der Waals surface area contributed by atoms with E-state index in [0.717, 1.165) is 27.3 Å². The van der Waals surface area contributed by atoms with Crippen molar-refractivity contribution in [3.05, 3.63) is 107 Å². The van der Waals surface area contributed by atoms with Gasteiger partial charge in [0.15, 0.2) is 0 Å². The minimum absolute atomic E-state index is 0.0339. The predicted octanol–water partition coefficient (Wildman–Crippen LogP) is 7.09. The van der Waals surface area contributed by atoms with Crippen molar-refractivity contribution in [2.45, 2.75) is 30.2 Å². The van der Waals surface area contributed by atoms with Crippen LogP contribution in [0.25, 0.3) is 10.8 Å². The zero-order chi connectivity index (χ0) is 24.2. The number of pyridine rings is 1. The lowest BCUT2D eigenvalue weighted by Crippen LogP contribution is -2.38. The fraction of sp³-hybridized carbons (Fsp3) is 0.241. The molecule has 1 saturated heterocycles. The molecule has 2 atom stereocenters. The molecule has 35 heavy (non-hydrogen) atoms. The van der Waals surface area contributed by atoms with Gasteiger partial charge in [0.1, 0.15) is 0 Å². The van der Waals surface area contributed by atoms with Crippen molar-refractivity contribution < 1.29 is 4.79 Å². The molecular weight excluding hydrogens is 474 g/mol. The largest absolute Gasteiger partial charge is 0.334 e. The van der Waals surface area contributed by atoms with Gasteiger partial charge in [-0.2, -0.15) is 0 Å². The van der Waals surface area contributed by atoms with Gasteiger partial charge in [0.05, 0.1) is 0 Å². The topological polar surface area (TPSA) is 45.2 Å². The smallest absolute Gasteiger partial charge is 0.317 e. The highest BCUT2D eigenvalue weighted by atomic mass is 35.5. The standard InChI is InChI=1S/C29H28ClN3OS/c1-2-35-24-11-9-20(10-12-24)16-32-29(34)33-18-27(21-5-3-7-23(30)15-21)28(19-33)26-8-4-6-22-17-31-14-13-25(22)26/h3-15,17,27-28H,2,16,18-19H2,1H3,(H,32,34). The number of likely N-dealkylation sites (tertiary alicyclic amines) is 1. The molecule has 178 valence electrons. The van der Waals surface area contributed by atoms with Gasteiger partial charge < -0.3 is 10.2 Å². The number of halogens is 1. The van der Waals surface area contributed by atoms with Crippen LogP contribution in [0.2, 0.25) is 5.02 Å². The van der Waals surface area contributed by atoms with Crippen LogP contribution in [0.4, 0.5) is 4.79 Å². The first kappa shape index (κ1) is 23.7. The molecule has 0 aliphatic carbocycles. The number of thioether (sulfide) groups is 1. The fourth-order valence-corrected chi connectivity index (χ4v) is 5.85. The highest BCUT2D eigenvalue weighted by Crippen LogP contribution is 2.42. The maximum Gasteiger partial charge on any atom is 0.317 e. The molecule has 1 fully saturated rings. The Kier molecular flexibility index (Phi) is 7.26. The molecule has 0 saturated carbocycles. The third-order valence-corrected chi connectivity index (χ3v) is 7.81. The van der Waals surface area contributed by atoms with Crippen LogP contribution in [-0.2, 0) is 6.54 Å². The Morgan fingerprint density at radius 3 is 2.66 bits per heavy atom. The second-order valence-corrected chi connectivity index (χ2v) is 10.6.